The fraction of sp³-hybridized carbons (Fsp3) is 0.300. The average Bonchev–Trinajstić information content (AvgIpc) is 2.31. The van der Waals surface area contributed by atoms with Gasteiger partial charge < -0.3 is 9.47 Å². The molecule has 18 heavy (non-hydrogen) atoms. The summed E-state index contributed by atoms with van der Waals surface area (Å²) in [6.07, 6.45) is 0.568. The lowest BCUT2D eigenvalue weighted by atomic mass is 10.1. The molecule has 2 rings (SSSR count). The van der Waals surface area contributed by atoms with Gasteiger partial charge in [-0.05, 0) is 6.07 Å². The highest BCUT2D eigenvalue weighted by Crippen LogP contribution is 2.41. The van der Waals surface area contributed by atoms with Gasteiger partial charge in [0.15, 0.2) is 17.8 Å². The van der Waals surface area contributed by atoms with Crippen LogP contribution in [-0.4, -0.2) is 27.9 Å². The summed E-state index contributed by atoms with van der Waals surface area (Å²) < 4.78 is 32.9. The maximum atomic E-state index is 11.1. The molecule has 8 heteroatoms. The Morgan fingerprint density at radius 3 is 2.44 bits per heavy atom. The normalized spacial score (nSPS) is 14.3. The molecule has 0 bridgehead atoms. The Hall–Kier alpha value is -0.980. The van der Waals surface area contributed by atoms with Crippen LogP contribution in [0.3, 0.4) is 0 Å². The second-order valence-corrected chi connectivity index (χ2v) is 6.77. The Kier molecular flexibility index (Phi) is 3.70. The highest BCUT2D eigenvalue weighted by molar-refractivity contribution is 8.13. The first kappa shape index (κ1) is 13.5. The molecule has 1 aliphatic rings. The molecule has 5 nitrogen and oxygen atoms in total. The van der Waals surface area contributed by atoms with Crippen LogP contribution in [0.5, 0.6) is 11.5 Å². The number of rotatable bonds is 3. The van der Waals surface area contributed by atoms with Gasteiger partial charge in [0.05, 0.1) is 11.3 Å². The minimum atomic E-state index is -3.79. The van der Waals surface area contributed by atoms with E-state index in [0.717, 1.165) is 0 Å². The van der Waals surface area contributed by atoms with Crippen molar-refractivity contribution in [2.45, 2.75) is 5.75 Å². The Balaban J connectivity index is 2.62. The third-order valence-electron chi connectivity index (χ3n) is 2.33. The Labute approximate surface area is 113 Å². The molecule has 1 aromatic carbocycles. The van der Waals surface area contributed by atoms with E-state index < -0.39 is 14.8 Å². The summed E-state index contributed by atoms with van der Waals surface area (Å²) >= 11 is 5.93. The fourth-order valence-electron chi connectivity index (χ4n) is 1.65. The van der Waals surface area contributed by atoms with Gasteiger partial charge in [-0.2, -0.15) is 0 Å². The average molecular weight is 311 g/mol. The molecule has 0 aromatic heterocycles. The van der Waals surface area contributed by atoms with Gasteiger partial charge in [-0.25, -0.2) is 8.42 Å². The van der Waals surface area contributed by atoms with Crippen molar-refractivity contribution in [1.82, 2.24) is 0 Å². The van der Waals surface area contributed by atoms with Gasteiger partial charge >= 0.3 is 0 Å². The zero-order valence-corrected chi connectivity index (χ0v) is 11.3. The van der Waals surface area contributed by atoms with E-state index in [9.17, 15) is 13.2 Å². The van der Waals surface area contributed by atoms with E-state index in [1.807, 2.05) is 0 Å². The number of carbonyl (C=O) groups is 1. The van der Waals surface area contributed by atoms with Crippen molar-refractivity contribution in [2.24, 2.45) is 0 Å². The van der Waals surface area contributed by atoms with Crippen molar-refractivity contribution in [1.29, 1.82) is 0 Å². The lowest BCUT2D eigenvalue weighted by Gasteiger charge is -2.22. The Morgan fingerprint density at radius 1 is 1.28 bits per heavy atom. The fourth-order valence-corrected chi connectivity index (χ4v) is 2.96. The first-order valence-corrected chi connectivity index (χ1v) is 7.76. The molecule has 0 saturated heterocycles. The second-order valence-electron chi connectivity index (χ2n) is 3.58. The molecule has 0 unspecified atom stereocenters. The maximum Gasteiger partial charge on any atom is 0.236 e. The quantitative estimate of drug-likeness (QED) is 0.631. The number of hydrogen-bond acceptors (Lipinski definition) is 5. The first-order valence-electron chi connectivity index (χ1n) is 4.91. The SMILES string of the molecule is O=Cc1cc(Cl)c(CS(=O)(=O)Cl)c2c1OCCO2. The number of benzene rings is 1. The van der Waals surface area contributed by atoms with Crippen molar-refractivity contribution in [3.8, 4) is 11.5 Å². The highest BCUT2D eigenvalue weighted by Gasteiger charge is 2.25. The summed E-state index contributed by atoms with van der Waals surface area (Å²) in [7, 11) is 1.41. The molecule has 1 heterocycles. The van der Waals surface area contributed by atoms with E-state index in [0.29, 0.717) is 6.29 Å². The molecule has 1 aromatic rings. The van der Waals surface area contributed by atoms with E-state index in [1.54, 1.807) is 0 Å². The maximum absolute atomic E-state index is 11.1. The van der Waals surface area contributed by atoms with Gasteiger partial charge in [-0.3, -0.25) is 4.79 Å². The first-order chi connectivity index (χ1) is 8.42. The predicted molar refractivity (Wildman–Crippen MR) is 66.3 cm³/mol. The number of fused-ring (bicyclic) bond motifs is 1. The summed E-state index contributed by atoms with van der Waals surface area (Å²) in [6, 6.07) is 1.33. The van der Waals surface area contributed by atoms with Gasteiger partial charge in [0.25, 0.3) is 0 Å². The van der Waals surface area contributed by atoms with Crippen molar-refractivity contribution in [3.63, 3.8) is 0 Å². The van der Waals surface area contributed by atoms with E-state index in [1.165, 1.54) is 6.07 Å². The van der Waals surface area contributed by atoms with Gasteiger partial charge in [0.1, 0.15) is 13.2 Å². The van der Waals surface area contributed by atoms with Crippen LogP contribution in [0.1, 0.15) is 15.9 Å². The van der Waals surface area contributed by atoms with Crippen LogP contribution < -0.4 is 9.47 Å². The molecule has 0 N–H and O–H groups in total. The topological polar surface area (TPSA) is 69.7 Å². The molecule has 0 spiro atoms. The van der Waals surface area contributed by atoms with Crippen molar-refractivity contribution in [2.75, 3.05) is 13.2 Å². The van der Waals surface area contributed by atoms with E-state index in [-0.39, 0.29) is 40.9 Å². The molecule has 98 valence electrons. The summed E-state index contributed by atoms with van der Waals surface area (Å²) in [5, 5.41) is 0.102. The molecule has 0 fully saturated rings. The smallest absolute Gasteiger partial charge is 0.236 e. The summed E-state index contributed by atoms with van der Waals surface area (Å²) in [4.78, 5) is 10.9. The molecule has 0 aliphatic carbocycles. The second kappa shape index (κ2) is 4.95. The van der Waals surface area contributed by atoms with Gasteiger partial charge in [0.2, 0.25) is 9.05 Å². The van der Waals surface area contributed by atoms with Crippen LogP contribution in [-0.2, 0) is 14.8 Å². The molecule has 0 saturated carbocycles. The number of hydrogen-bond donors (Lipinski definition) is 0. The van der Waals surface area contributed by atoms with E-state index >= 15 is 0 Å². The van der Waals surface area contributed by atoms with Gasteiger partial charge in [0, 0.05) is 21.3 Å². The lowest BCUT2D eigenvalue weighted by Crippen LogP contribution is -2.18. The zero-order valence-electron chi connectivity index (χ0n) is 8.98. The van der Waals surface area contributed by atoms with Crippen molar-refractivity contribution in [3.05, 3.63) is 22.2 Å². The Bertz CT molecular complexity index is 597. The van der Waals surface area contributed by atoms with Crippen molar-refractivity contribution < 1.29 is 22.7 Å². The third-order valence-corrected chi connectivity index (χ3v) is 3.63. The van der Waals surface area contributed by atoms with E-state index in [2.05, 4.69) is 0 Å². The molecular formula is C10H8Cl2O5S. The number of aldehydes is 1. The van der Waals surface area contributed by atoms with Crippen molar-refractivity contribution >= 4 is 37.6 Å². The van der Waals surface area contributed by atoms with Crippen LogP contribution in [0.15, 0.2) is 6.07 Å². The molecule has 1 aliphatic heterocycles. The third kappa shape index (κ3) is 2.71. The van der Waals surface area contributed by atoms with Gasteiger partial charge in [-0.1, -0.05) is 11.6 Å². The lowest BCUT2D eigenvalue weighted by molar-refractivity contribution is 0.111. The largest absolute Gasteiger partial charge is 0.486 e. The zero-order chi connectivity index (χ0) is 13.3. The number of carbonyl (C=O) groups excluding carboxylic acids is 1. The Morgan fingerprint density at radius 2 is 1.89 bits per heavy atom. The van der Waals surface area contributed by atoms with Gasteiger partial charge in [-0.15, -0.1) is 0 Å². The van der Waals surface area contributed by atoms with Crippen LogP contribution in [0.4, 0.5) is 0 Å². The summed E-state index contributed by atoms with van der Waals surface area (Å²) in [5.74, 6) is -0.117. The monoisotopic (exact) mass is 310 g/mol. The van der Waals surface area contributed by atoms with Crippen LogP contribution >= 0.6 is 22.3 Å². The molecule has 0 amide bonds. The summed E-state index contributed by atoms with van der Waals surface area (Å²) in [5.41, 5.74) is 0.414. The number of ether oxygens (including phenoxy) is 2. The molecule has 0 atom stereocenters. The highest BCUT2D eigenvalue weighted by atomic mass is 35.7. The summed E-state index contributed by atoms with van der Waals surface area (Å²) in [6.45, 7) is 0.531. The van der Waals surface area contributed by atoms with Crippen LogP contribution in [0.25, 0.3) is 0 Å². The predicted octanol–water partition coefficient (Wildman–Crippen LogP) is 1.99. The van der Waals surface area contributed by atoms with E-state index in [4.69, 9.17) is 31.8 Å². The molecular weight excluding hydrogens is 303 g/mol. The van der Waals surface area contributed by atoms with Crippen LogP contribution in [0, 0.1) is 0 Å². The minimum Gasteiger partial charge on any atom is -0.486 e. The molecule has 0 radical (unpaired) electrons. The van der Waals surface area contributed by atoms with Crippen LogP contribution in [0.2, 0.25) is 5.02 Å². The minimum absolute atomic E-state index is 0.102. The number of halogens is 2. The standard InChI is InChI=1S/C10H8Cl2O5S/c11-8-3-6(4-13)9-10(17-2-1-16-9)7(8)5-18(12,14)15/h3-4H,1-2,5H2.